The van der Waals surface area contributed by atoms with Crippen molar-refractivity contribution in [3.05, 3.63) is 65.5 Å². The number of hydrogen-bond acceptors (Lipinski definition) is 4. The predicted octanol–water partition coefficient (Wildman–Crippen LogP) is 4.38. The van der Waals surface area contributed by atoms with E-state index in [1.165, 1.54) is 19.2 Å². The van der Waals surface area contributed by atoms with E-state index >= 15 is 0 Å². The second kappa shape index (κ2) is 8.03. The maximum atomic E-state index is 14.0. The van der Waals surface area contributed by atoms with Crippen molar-refractivity contribution in [3.63, 3.8) is 0 Å². The molecule has 29 heavy (non-hydrogen) atoms. The summed E-state index contributed by atoms with van der Waals surface area (Å²) in [6, 6.07) is 13.6. The van der Waals surface area contributed by atoms with Crippen LogP contribution in [0, 0.1) is 5.82 Å². The summed E-state index contributed by atoms with van der Waals surface area (Å²) >= 11 is 0. The molecule has 4 rings (SSSR count). The first-order chi connectivity index (χ1) is 14.0. The van der Waals surface area contributed by atoms with Crippen molar-refractivity contribution >= 4 is 6.09 Å². The standard InChI is InChI=1S/C23H26FNO4/c1-28-21-11-17(10-18(24)12-21)23(27)13-19-8-5-9-20(14-23)25(19)22(26)29-15-16-6-3-2-4-7-16/h2-4,6-7,10-12,19-20,27H,5,8-9,13-15H2,1H3. The molecule has 154 valence electrons. The molecular formula is C23H26FNO4. The molecule has 0 saturated carbocycles. The van der Waals surface area contributed by atoms with Crippen molar-refractivity contribution < 1.29 is 23.8 Å². The summed E-state index contributed by atoms with van der Waals surface area (Å²) in [7, 11) is 1.47. The minimum Gasteiger partial charge on any atom is -0.497 e. The smallest absolute Gasteiger partial charge is 0.410 e. The highest BCUT2D eigenvalue weighted by Crippen LogP contribution is 2.45. The number of hydrogen-bond donors (Lipinski definition) is 1. The van der Waals surface area contributed by atoms with Gasteiger partial charge in [0.2, 0.25) is 0 Å². The van der Waals surface area contributed by atoms with Crippen molar-refractivity contribution in [3.8, 4) is 5.75 Å². The van der Waals surface area contributed by atoms with Gasteiger partial charge in [0.05, 0.1) is 12.7 Å². The van der Waals surface area contributed by atoms with E-state index in [1.807, 2.05) is 30.3 Å². The van der Waals surface area contributed by atoms with Gasteiger partial charge in [-0.25, -0.2) is 9.18 Å². The van der Waals surface area contributed by atoms with Gasteiger partial charge in [-0.2, -0.15) is 0 Å². The number of ether oxygens (including phenoxy) is 2. The van der Waals surface area contributed by atoms with E-state index in [2.05, 4.69) is 0 Å². The number of amides is 1. The molecule has 2 heterocycles. The lowest BCUT2D eigenvalue weighted by Crippen LogP contribution is -2.58. The van der Waals surface area contributed by atoms with Crippen LogP contribution < -0.4 is 4.74 Å². The van der Waals surface area contributed by atoms with Gasteiger partial charge >= 0.3 is 6.09 Å². The first-order valence-electron chi connectivity index (χ1n) is 10.0. The van der Waals surface area contributed by atoms with Crippen molar-refractivity contribution in [2.75, 3.05) is 7.11 Å². The van der Waals surface area contributed by atoms with Gasteiger partial charge in [0.1, 0.15) is 18.2 Å². The number of halogens is 1. The number of benzene rings is 2. The average Bonchev–Trinajstić information content (AvgIpc) is 2.71. The summed E-state index contributed by atoms with van der Waals surface area (Å²) in [5.41, 5.74) is 0.247. The van der Waals surface area contributed by atoms with Crippen molar-refractivity contribution in [1.82, 2.24) is 4.90 Å². The first kappa shape index (κ1) is 19.7. The second-order valence-corrected chi connectivity index (χ2v) is 8.01. The lowest BCUT2D eigenvalue weighted by atomic mass is 9.72. The monoisotopic (exact) mass is 399 g/mol. The summed E-state index contributed by atoms with van der Waals surface area (Å²) < 4.78 is 24.7. The number of aliphatic hydroxyl groups is 1. The number of rotatable bonds is 4. The van der Waals surface area contributed by atoms with Gasteiger partial charge in [-0.15, -0.1) is 0 Å². The van der Waals surface area contributed by atoms with Crippen LogP contribution in [0.25, 0.3) is 0 Å². The minimum atomic E-state index is -1.19. The zero-order valence-corrected chi connectivity index (χ0v) is 16.5. The average molecular weight is 399 g/mol. The highest BCUT2D eigenvalue weighted by Gasteiger charge is 2.48. The molecule has 2 aromatic carbocycles. The molecule has 1 N–H and O–H groups in total. The number of methoxy groups -OCH3 is 1. The van der Waals surface area contributed by atoms with E-state index < -0.39 is 11.4 Å². The largest absolute Gasteiger partial charge is 0.497 e. The molecule has 2 unspecified atom stereocenters. The summed E-state index contributed by atoms with van der Waals surface area (Å²) in [6.07, 6.45) is 2.97. The number of piperidine rings is 2. The molecule has 0 spiro atoms. The second-order valence-electron chi connectivity index (χ2n) is 8.01. The lowest BCUT2D eigenvalue weighted by molar-refractivity contribution is -0.0898. The lowest BCUT2D eigenvalue weighted by Gasteiger charge is -2.51. The van der Waals surface area contributed by atoms with Crippen LogP contribution in [-0.4, -0.2) is 35.3 Å². The maximum Gasteiger partial charge on any atom is 0.410 e. The van der Waals surface area contributed by atoms with Crippen LogP contribution in [0.4, 0.5) is 9.18 Å². The zero-order valence-electron chi connectivity index (χ0n) is 16.5. The Labute approximate surface area is 170 Å². The fourth-order valence-corrected chi connectivity index (χ4v) is 4.71. The number of nitrogens with zero attached hydrogens (tertiary/aromatic N) is 1. The Morgan fingerprint density at radius 3 is 2.52 bits per heavy atom. The number of fused-ring (bicyclic) bond motifs is 2. The van der Waals surface area contributed by atoms with Gasteiger partial charge < -0.3 is 19.5 Å². The molecule has 6 heteroatoms. The molecule has 2 aliphatic rings. The molecule has 2 bridgehead atoms. The van der Waals surface area contributed by atoms with E-state index in [4.69, 9.17) is 9.47 Å². The maximum absolute atomic E-state index is 14.0. The van der Waals surface area contributed by atoms with Gasteiger partial charge in [0.15, 0.2) is 0 Å². The Bertz CT molecular complexity index is 858. The van der Waals surface area contributed by atoms with Crippen LogP contribution in [0.1, 0.15) is 43.2 Å². The fourth-order valence-electron chi connectivity index (χ4n) is 4.71. The molecule has 2 atom stereocenters. The third-order valence-electron chi connectivity index (χ3n) is 6.07. The Hall–Kier alpha value is -2.60. The van der Waals surface area contributed by atoms with E-state index in [9.17, 15) is 14.3 Å². The van der Waals surface area contributed by atoms with Crippen LogP contribution in [0.5, 0.6) is 5.75 Å². The summed E-state index contributed by atoms with van der Waals surface area (Å²) in [6.45, 7) is 0.223. The summed E-state index contributed by atoms with van der Waals surface area (Å²) in [4.78, 5) is 14.6. The van der Waals surface area contributed by atoms with Gasteiger partial charge in [-0.05, 0) is 42.5 Å². The highest BCUT2D eigenvalue weighted by atomic mass is 19.1. The van der Waals surface area contributed by atoms with Gasteiger partial charge in [0.25, 0.3) is 0 Å². The number of carbonyl (C=O) groups excluding carboxylic acids is 1. The SMILES string of the molecule is COc1cc(F)cc(C2(O)CC3CCCC(C2)N3C(=O)OCc2ccccc2)c1. The molecule has 2 fully saturated rings. The summed E-state index contributed by atoms with van der Waals surface area (Å²) in [5, 5.41) is 11.4. The molecule has 2 saturated heterocycles. The summed E-state index contributed by atoms with van der Waals surface area (Å²) in [5.74, 6) is -0.0640. The van der Waals surface area contributed by atoms with E-state index in [0.29, 0.717) is 24.2 Å². The van der Waals surface area contributed by atoms with Crippen molar-refractivity contribution in [2.45, 2.75) is 56.4 Å². The molecule has 2 aliphatic heterocycles. The minimum absolute atomic E-state index is 0.134. The molecule has 0 aromatic heterocycles. The van der Waals surface area contributed by atoms with Crippen molar-refractivity contribution in [2.24, 2.45) is 0 Å². The van der Waals surface area contributed by atoms with Gasteiger partial charge in [-0.1, -0.05) is 30.3 Å². The third-order valence-corrected chi connectivity index (χ3v) is 6.07. The van der Waals surface area contributed by atoms with Crippen LogP contribution in [-0.2, 0) is 16.9 Å². The molecule has 2 aromatic rings. The molecule has 1 amide bonds. The Kier molecular flexibility index (Phi) is 5.46. The Morgan fingerprint density at radius 1 is 1.17 bits per heavy atom. The topological polar surface area (TPSA) is 59.0 Å². The predicted molar refractivity (Wildman–Crippen MR) is 106 cm³/mol. The fraction of sp³-hybridized carbons (Fsp3) is 0.435. The Balaban J connectivity index is 1.51. The highest BCUT2D eigenvalue weighted by molar-refractivity contribution is 5.69. The van der Waals surface area contributed by atoms with Crippen LogP contribution in [0.15, 0.2) is 48.5 Å². The number of carbonyl (C=O) groups is 1. The van der Waals surface area contributed by atoms with Crippen LogP contribution >= 0.6 is 0 Å². The van der Waals surface area contributed by atoms with Crippen molar-refractivity contribution in [1.29, 1.82) is 0 Å². The molecule has 5 nitrogen and oxygen atoms in total. The van der Waals surface area contributed by atoms with E-state index in [-0.39, 0.29) is 24.8 Å². The van der Waals surface area contributed by atoms with Gasteiger partial charge in [-0.3, -0.25) is 0 Å². The quantitative estimate of drug-likeness (QED) is 0.829. The normalized spacial score (nSPS) is 26.1. The van der Waals surface area contributed by atoms with Gasteiger partial charge in [0, 0.05) is 31.0 Å². The van der Waals surface area contributed by atoms with E-state index in [1.54, 1.807) is 11.0 Å². The first-order valence-corrected chi connectivity index (χ1v) is 10.0. The zero-order chi connectivity index (χ0) is 20.4. The van der Waals surface area contributed by atoms with Crippen LogP contribution in [0.2, 0.25) is 0 Å². The Morgan fingerprint density at radius 2 is 1.86 bits per heavy atom. The molecule has 0 radical (unpaired) electrons. The third kappa shape index (κ3) is 4.08. The molecule has 0 aliphatic carbocycles. The van der Waals surface area contributed by atoms with Crippen LogP contribution in [0.3, 0.4) is 0 Å². The van der Waals surface area contributed by atoms with E-state index in [0.717, 1.165) is 24.8 Å². The molecular weight excluding hydrogens is 373 g/mol.